The van der Waals surface area contributed by atoms with Gasteiger partial charge in [-0.05, 0) is 29.8 Å². The standard InChI is InChI=1S/C16H15NO3/c1-19-10-7-8-13-12(9-10)15(16(18)17-13)11-5-3-4-6-14(11)20-2/h3-9,15H,1-2H3,(H,17,18). The van der Waals surface area contributed by atoms with Gasteiger partial charge in [0.2, 0.25) is 5.91 Å². The molecule has 0 saturated heterocycles. The molecule has 0 saturated carbocycles. The van der Waals surface area contributed by atoms with Gasteiger partial charge in [0, 0.05) is 11.3 Å². The quantitative estimate of drug-likeness (QED) is 0.932. The van der Waals surface area contributed by atoms with Gasteiger partial charge in [-0.15, -0.1) is 0 Å². The highest BCUT2D eigenvalue weighted by molar-refractivity contribution is 6.05. The van der Waals surface area contributed by atoms with Crippen LogP contribution in [-0.2, 0) is 4.79 Å². The molecule has 1 aliphatic rings. The van der Waals surface area contributed by atoms with Crippen LogP contribution in [0, 0.1) is 0 Å². The Balaban J connectivity index is 2.14. The Morgan fingerprint density at radius 2 is 1.80 bits per heavy atom. The van der Waals surface area contributed by atoms with Crippen molar-refractivity contribution in [2.45, 2.75) is 5.92 Å². The van der Waals surface area contributed by atoms with E-state index in [2.05, 4.69) is 5.32 Å². The number of fused-ring (bicyclic) bond motifs is 1. The van der Waals surface area contributed by atoms with Crippen LogP contribution in [0.5, 0.6) is 11.5 Å². The van der Waals surface area contributed by atoms with Crippen molar-refractivity contribution >= 4 is 11.6 Å². The largest absolute Gasteiger partial charge is 0.497 e. The number of carbonyl (C=O) groups excluding carboxylic acids is 1. The molecule has 3 rings (SSSR count). The van der Waals surface area contributed by atoms with Gasteiger partial charge >= 0.3 is 0 Å². The second-order valence-corrected chi connectivity index (χ2v) is 4.62. The highest BCUT2D eigenvalue weighted by atomic mass is 16.5. The molecule has 4 nitrogen and oxygen atoms in total. The number of para-hydroxylation sites is 1. The SMILES string of the molecule is COc1ccc2c(c1)C(c1ccccc1OC)C(=O)N2. The molecule has 1 amide bonds. The Labute approximate surface area is 117 Å². The van der Waals surface area contributed by atoms with E-state index in [4.69, 9.17) is 9.47 Å². The van der Waals surface area contributed by atoms with Crippen LogP contribution in [0.3, 0.4) is 0 Å². The molecule has 102 valence electrons. The highest BCUT2D eigenvalue weighted by Gasteiger charge is 2.34. The van der Waals surface area contributed by atoms with Crippen molar-refractivity contribution in [3.63, 3.8) is 0 Å². The lowest BCUT2D eigenvalue weighted by Gasteiger charge is -2.14. The van der Waals surface area contributed by atoms with Crippen LogP contribution >= 0.6 is 0 Å². The summed E-state index contributed by atoms with van der Waals surface area (Å²) in [4.78, 5) is 12.3. The normalized spacial score (nSPS) is 16.5. The van der Waals surface area contributed by atoms with Crippen LogP contribution in [0.25, 0.3) is 0 Å². The predicted octanol–water partition coefficient (Wildman–Crippen LogP) is 2.79. The number of rotatable bonds is 3. The average molecular weight is 269 g/mol. The number of benzene rings is 2. The lowest BCUT2D eigenvalue weighted by molar-refractivity contribution is -0.116. The van der Waals surface area contributed by atoms with E-state index in [0.717, 1.165) is 22.6 Å². The molecule has 1 atom stereocenters. The van der Waals surface area contributed by atoms with Gasteiger partial charge in [-0.1, -0.05) is 18.2 Å². The molecule has 2 aromatic carbocycles. The van der Waals surface area contributed by atoms with Gasteiger partial charge in [0.05, 0.1) is 20.1 Å². The molecule has 1 heterocycles. The number of nitrogens with one attached hydrogen (secondary N) is 1. The molecule has 0 radical (unpaired) electrons. The van der Waals surface area contributed by atoms with Crippen molar-refractivity contribution in [1.82, 2.24) is 0 Å². The molecule has 0 bridgehead atoms. The zero-order valence-corrected chi connectivity index (χ0v) is 11.3. The maximum Gasteiger partial charge on any atom is 0.236 e. The lowest BCUT2D eigenvalue weighted by atomic mass is 9.92. The fourth-order valence-corrected chi connectivity index (χ4v) is 2.58. The molecule has 4 heteroatoms. The number of anilines is 1. The first-order valence-corrected chi connectivity index (χ1v) is 6.36. The Morgan fingerprint density at radius 3 is 2.55 bits per heavy atom. The molecule has 20 heavy (non-hydrogen) atoms. The summed E-state index contributed by atoms with van der Waals surface area (Å²) in [7, 11) is 3.22. The first kappa shape index (κ1) is 12.5. The molecule has 1 aliphatic heterocycles. The van der Waals surface area contributed by atoms with Crippen molar-refractivity contribution < 1.29 is 14.3 Å². The topological polar surface area (TPSA) is 47.6 Å². The monoisotopic (exact) mass is 269 g/mol. The van der Waals surface area contributed by atoms with Gasteiger partial charge in [0.15, 0.2) is 0 Å². The minimum atomic E-state index is -0.365. The summed E-state index contributed by atoms with van der Waals surface area (Å²) in [6, 6.07) is 13.2. The molecule has 2 aromatic rings. The molecule has 1 unspecified atom stereocenters. The average Bonchev–Trinajstić information content (AvgIpc) is 2.81. The van der Waals surface area contributed by atoms with Crippen LogP contribution < -0.4 is 14.8 Å². The van der Waals surface area contributed by atoms with Gasteiger partial charge in [0.1, 0.15) is 11.5 Å². The third-order valence-corrected chi connectivity index (χ3v) is 3.54. The van der Waals surface area contributed by atoms with Crippen LogP contribution in [-0.4, -0.2) is 20.1 Å². The van der Waals surface area contributed by atoms with E-state index in [9.17, 15) is 4.79 Å². The summed E-state index contributed by atoms with van der Waals surface area (Å²) >= 11 is 0. The van der Waals surface area contributed by atoms with Gasteiger partial charge < -0.3 is 14.8 Å². The second-order valence-electron chi connectivity index (χ2n) is 4.62. The minimum absolute atomic E-state index is 0.0437. The van der Waals surface area contributed by atoms with Gasteiger partial charge in [0.25, 0.3) is 0 Å². The number of carbonyl (C=O) groups is 1. The number of ether oxygens (including phenoxy) is 2. The maximum absolute atomic E-state index is 12.3. The van der Waals surface area contributed by atoms with Crippen molar-refractivity contribution in [3.8, 4) is 11.5 Å². The molecular formula is C16H15NO3. The summed E-state index contributed by atoms with van der Waals surface area (Å²) in [5.41, 5.74) is 2.60. The molecule has 1 N–H and O–H groups in total. The van der Waals surface area contributed by atoms with Gasteiger partial charge in [-0.25, -0.2) is 0 Å². The van der Waals surface area contributed by atoms with E-state index in [1.165, 1.54) is 0 Å². The summed E-state index contributed by atoms with van der Waals surface area (Å²) in [6.45, 7) is 0. The second kappa shape index (κ2) is 4.89. The Bertz CT molecular complexity index is 667. The summed E-state index contributed by atoms with van der Waals surface area (Å²) in [6.07, 6.45) is 0. The van der Waals surface area contributed by atoms with Gasteiger partial charge in [-0.2, -0.15) is 0 Å². The zero-order valence-electron chi connectivity index (χ0n) is 11.3. The molecule has 0 fully saturated rings. The van der Waals surface area contributed by atoms with E-state index in [1.807, 2.05) is 42.5 Å². The van der Waals surface area contributed by atoms with E-state index in [1.54, 1.807) is 14.2 Å². The van der Waals surface area contributed by atoms with Crippen LogP contribution in [0.4, 0.5) is 5.69 Å². The van der Waals surface area contributed by atoms with Crippen molar-refractivity contribution in [1.29, 1.82) is 0 Å². The molecule has 0 spiro atoms. The minimum Gasteiger partial charge on any atom is -0.497 e. The predicted molar refractivity (Wildman–Crippen MR) is 76.5 cm³/mol. The lowest BCUT2D eigenvalue weighted by Crippen LogP contribution is -2.14. The zero-order chi connectivity index (χ0) is 14.1. The fourth-order valence-electron chi connectivity index (χ4n) is 2.58. The van der Waals surface area contributed by atoms with Crippen molar-refractivity contribution in [3.05, 3.63) is 53.6 Å². The number of hydrogen-bond acceptors (Lipinski definition) is 3. The van der Waals surface area contributed by atoms with E-state index in [0.29, 0.717) is 5.75 Å². The van der Waals surface area contributed by atoms with E-state index >= 15 is 0 Å². The van der Waals surface area contributed by atoms with Crippen LogP contribution in [0.15, 0.2) is 42.5 Å². The third-order valence-electron chi connectivity index (χ3n) is 3.54. The molecule has 0 aromatic heterocycles. The number of hydrogen-bond donors (Lipinski definition) is 1. The van der Waals surface area contributed by atoms with Crippen LogP contribution in [0.1, 0.15) is 17.0 Å². The Kier molecular flexibility index (Phi) is 3.06. The van der Waals surface area contributed by atoms with E-state index in [-0.39, 0.29) is 11.8 Å². The first-order valence-electron chi connectivity index (χ1n) is 6.36. The number of amides is 1. The van der Waals surface area contributed by atoms with Crippen molar-refractivity contribution in [2.24, 2.45) is 0 Å². The Hall–Kier alpha value is -2.49. The fraction of sp³-hybridized carbons (Fsp3) is 0.188. The molecular weight excluding hydrogens is 254 g/mol. The summed E-state index contributed by atoms with van der Waals surface area (Å²) < 4.78 is 10.6. The molecule has 0 aliphatic carbocycles. The summed E-state index contributed by atoms with van der Waals surface area (Å²) in [5.74, 6) is 1.04. The first-order chi connectivity index (χ1) is 9.74. The van der Waals surface area contributed by atoms with Gasteiger partial charge in [-0.3, -0.25) is 4.79 Å². The maximum atomic E-state index is 12.3. The summed E-state index contributed by atoms with van der Waals surface area (Å²) in [5, 5.41) is 2.90. The smallest absolute Gasteiger partial charge is 0.236 e. The Morgan fingerprint density at radius 1 is 1.00 bits per heavy atom. The highest BCUT2D eigenvalue weighted by Crippen LogP contribution is 2.41. The number of methoxy groups -OCH3 is 2. The van der Waals surface area contributed by atoms with Crippen LogP contribution in [0.2, 0.25) is 0 Å². The van der Waals surface area contributed by atoms with Crippen molar-refractivity contribution in [2.75, 3.05) is 19.5 Å². The third kappa shape index (κ3) is 1.90. The van der Waals surface area contributed by atoms with E-state index < -0.39 is 0 Å².